The molecule has 21 heavy (non-hydrogen) atoms. The lowest BCUT2D eigenvalue weighted by Crippen LogP contribution is -2.15. The maximum Gasteiger partial charge on any atom is 0.264 e. The third-order valence-electron chi connectivity index (χ3n) is 2.71. The van der Waals surface area contributed by atoms with Crippen molar-refractivity contribution in [3.05, 3.63) is 50.7 Å². The highest BCUT2D eigenvalue weighted by molar-refractivity contribution is 9.10. The zero-order chi connectivity index (χ0) is 15.8. The Bertz CT molecular complexity index is 810. The Balaban J connectivity index is 2.48. The lowest BCUT2D eigenvalue weighted by molar-refractivity contribution is 0.599. The van der Waals surface area contributed by atoms with Crippen LogP contribution in [0.2, 0.25) is 0 Å². The molecule has 2 rings (SSSR count). The monoisotopic (exact) mass is 436 g/mol. The molecule has 0 spiro atoms. The minimum absolute atomic E-state index is 0.0281. The molecule has 0 saturated heterocycles. The summed E-state index contributed by atoms with van der Waals surface area (Å²) in [5, 5.41) is 0. The van der Waals surface area contributed by atoms with Crippen molar-refractivity contribution in [3.8, 4) is 0 Å². The SMILES string of the molecule is Cc1ccc(Br)c(NS(=O)(=O)c2cc(Br)c(F)cc2N)c1. The van der Waals surface area contributed by atoms with Crippen LogP contribution in [-0.4, -0.2) is 8.42 Å². The Morgan fingerprint density at radius 1 is 1.14 bits per heavy atom. The van der Waals surface area contributed by atoms with Gasteiger partial charge in [-0.2, -0.15) is 0 Å². The number of anilines is 2. The molecule has 0 heterocycles. The number of benzene rings is 2. The number of nitrogens with one attached hydrogen (secondary N) is 1. The number of halogens is 3. The first-order valence-corrected chi connectivity index (χ1v) is 8.81. The van der Waals surface area contributed by atoms with E-state index in [9.17, 15) is 12.8 Å². The van der Waals surface area contributed by atoms with Crippen LogP contribution < -0.4 is 10.5 Å². The van der Waals surface area contributed by atoms with Crippen molar-refractivity contribution in [1.82, 2.24) is 0 Å². The number of nitrogens with two attached hydrogens (primary N) is 1. The van der Waals surface area contributed by atoms with Gasteiger partial charge in [0, 0.05) is 4.47 Å². The number of rotatable bonds is 3. The highest BCUT2D eigenvalue weighted by atomic mass is 79.9. The molecule has 2 aromatic carbocycles. The first-order chi connectivity index (χ1) is 9.70. The van der Waals surface area contributed by atoms with Gasteiger partial charge in [-0.3, -0.25) is 4.72 Å². The van der Waals surface area contributed by atoms with Gasteiger partial charge in [0.1, 0.15) is 10.7 Å². The highest BCUT2D eigenvalue weighted by Crippen LogP contribution is 2.30. The van der Waals surface area contributed by atoms with Gasteiger partial charge in [-0.05, 0) is 68.6 Å². The molecular formula is C13H11Br2FN2O2S. The van der Waals surface area contributed by atoms with Crippen molar-refractivity contribution < 1.29 is 12.8 Å². The van der Waals surface area contributed by atoms with Crippen molar-refractivity contribution in [1.29, 1.82) is 0 Å². The summed E-state index contributed by atoms with van der Waals surface area (Å²) in [5.41, 5.74) is 6.72. The molecule has 0 aliphatic carbocycles. The summed E-state index contributed by atoms with van der Waals surface area (Å²) in [5.74, 6) is -0.622. The lowest BCUT2D eigenvalue weighted by Gasteiger charge is -2.12. The van der Waals surface area contributed by atoms with Crippen LogP contribution in [-0.2, 0) is 10.0 Å². The van der Waals surface area contributed by atoms with Gasteiger partial charge in [0.15, 0.2) is 0 Å². The van der Waals surface area contributed by atoms with Gasteiger partial charge in [0.2, 0.25) is 0 Å². The van der Waals surface area contributed by atoms with Gasteiger partial charge in [-0.1, -0.05) is 6.07 Å². The van der Waals surface area contributed by atoms with Crippen LogP contribution in [0.4, 0.5) is 15.8 Å². The maximum atomic E-state index is 13.3. The van der Waals surface area contributed by atoms with Crippen LogP contribution in [0.1, 0.15) is 5.56 Å². The summed E-state index contributed by atoms with van der Waals surface area (Å²) in [6, 6.07) is 7.35. The van der Waals surface area contributed by atoms with Crippen LogP contribution in [0, 0.1) is 12.7 Å². The summed E-state index contributed by atoms with van der Waals surface area (Å²) in [6.07, 6.45) is 0. The topological polar surface area (TPSA) is 72.2 Å². The minimum Gasteiger partial charge on any atom is -0.398 e. The summed E-state index contributed by atoms with van der Waals surface area (Å²) in [6.45, 7) is 1.84. The van der Waals surface area contributed by atoms with E-state index in [-0.39, 0.29) is 15.1 Å². The number of hydrogen-bond donors (Lipinski definition) is 2. The Morgan fingerprint density at radius 3 is 2.48 bits per heavy atom. The van der Waals surface area contributed by atoms with E-state index >= 15 is 0 Å². The molecule has 0 aliphatic heterocycles. The fraction of sp³-hybridized carbons (Fsp3) is 0.0769. The standard InChI is InChI=1S/C13H11Br2FN2O2S/c1-7-2-3-8(14)12(4-7)18-21(19,20)13-5-9(15)10(16)6-11(13)17/h2-6,18H,17H2,1H3. The van der Waals surface area contributed by atoms with Crippen molar-refractivity contribution >= 4 is 53.3 Å². The molecule has 0 amide bonds. The Labute approximate surface area is 138 Å². The van der Waals surface area contributed by atoms with Crippen LogP contribution >= 0.6 is 31.9 Å². The van der Waals surface area contributed by atoms with Crippen molar-refractivity contribution in [3.63, 3.8) is 0 Å². The van der Waals surface area contributed by atoms with Gasteiger partial charge in [-0.25, -0.2) is 12.8 Å². The van der Waals surface area contributed by atoms with Crippen molar-refractivity contribution in [2.45, 2.75) is 11.8 Å². The van der Waals surface area contributed by atoms with Crippen LogP contribution in [0.25, 0.3) is 0 Å². The second-order valence-electron chi connectivity index (χ2n) is 4.39. The molecule has 0 unspecified atom stereocenters. The smallest absolute Gasteiger partial charge is 0.264 e. The average Bonchev–Trinajstić information content (AvgIpc) is 2.37. The van der Waals surface area contributed by atoms with E-state index in [1.807, 2.05) is 13.0 Å². The van der Waals surface area contributed by atoms with Crippen LogP contribution in [0.3, 0.4) is 0 Å². The molecule has 0 saturated carbocycles. The zero-order valence-corrected chi connectivity index (χ0v) is 14.8. The number of hydrogen-bond acceptors (Lipinski definition) is 3. The molecule has 0 radical (unpaired) electrons. The van der Waals surface area contributed by atoms with Crippen molar-refractivity contribution in [2.75, 3.05) is 10.5 Å². The minimum atomic E-state index is -3.92. The molecule has 4 nitrogen and oxygen atoms in total. The van der Waals surface area contributed by atoms with Crippen molar-refractivity contribution in [2.24, 2.45) is 0 Å². The van der Waals surface area contributed by atoms with E-state index in [4.69, 9.17) is 5.73 Å². The number of nitrogen functional groups attached to an aromatic ring is 1. The van der Waals surface area contributed by atoms with Gasteiger partial charge < -0.3 is 5.73 Å². The quantitative estimate of drug-likeness (QED) is 0.711. The first-order valence-electron chi connectivity index (χ1n) is 5.74. The van der Waals surface area contributed by atoms with E-state index in [2.05, 4.69) is 36.6 Å². The van der Waals surface area contributed by atoms with E-state index in [1.165, 1.54) is 0 Å². The Kier molecular flexibility index (Phi) is 4.60. The van der Waals surface area contributed by atoms with Gasteiger partial charge in [0.25, 0.3) is 10.0 Å². The van der Waals surface area contributed by atoms with E-state index in [0.29, 0.717) is 10.2 Å². The fourth-order valence-corrected chi connectivity index (χ4v) is 3.88. The number of aryl methyl sites for hydroxylation is 1. The molecule has 0 atom stereocenters. The third-order valence-corrected chi connectivity index (χ3v) is 5.43. The summed E-state index contributed by atoms with van der Waals surface area (Å²) in [7, 11) is -3.92. The molecule has 112 valence electrons. The summed E-state index contributed by atoms with van der Waals surface area (Å²) >= 11 is 6.22. The predicted molar refractivity (Wildman–Crippen MR) is 88.2 cm³/mol. The average molecular weight is 438 g/mol. The number of sulfonamides is 1. The Morgan fingerprint density at radius 2 is 1.81 bits per heavy atom. The Hall–Kier alpha value is -1.12. The largest absolute Gasteiger partial charge is 0.398 e. The molecule has 2 aromatic rings. The second kappa shape index (κ2) is 5.94. The molecule has 0 aliphatic rings. The molecular weight excluding hydrogens is 427 g/mol. The normalized spacial score (nSPS) is 11.4. The molecule has 0 bridgehead atoms. The van der Waals surface area contributed by atoms with Crippen LogP contribution in [0.5, 0.6) is 0 Å². The second-order valence-corrected chi connectivity index (χ2v) is 7.75. The molecule has 0 fully saturated rings. The lowest BCUT2D eigenvalue weighted by atomic mass is 10.2. The van der Waals surface area contributed by atoms with E-state index in [1.54, 1.807) is 12.1 Å². The molecule has 0 aromatic heterocycles. The van der Waals surface area contributed by atoms with Gasteiger partial charge in [0.05, 0.1) is 15.8 Å². The van der Waals surface area contributed by atoms with Gasteiger partial charge >= 0.3 is 0 Å². The van der Waals surface area contributed by atoms with Gasteiger partial charge in [-0.15, -0.1) is 0 Å². The van der Waals surface area contributed by atoms with E-state index in [0.717, 1.165) is 17.7 Å². The molecule has 8 heteroatoms. The highest BCUT2D eigenvalue weighted by Gasteiger charge is 2.20. The molecule has 3 N–H and O–H groups in total. The fourth-order valence-electron chi connectivity index (χ4n) is 1.69. The van der Waals surface area contributed by atoms with E-state index < -0.39 is 15.8 Å². The zero-order valence-electron chi connectivity index (χ0n) is 10.8. The summed E-state index contributed by atoms with van der Waals surface area (Å²) < 4.78 is 41.2. The van der Waals surface area contributed by atoms with Crippen LogP contribution in [0.15, 0.2) is 44.2 Å². The first kappa shape index (κ1) is 16.3. The maximum absolute atomic E-state index is 13.3. The summed E-state index contributed by atoms with van der Waals surface area (Å²) in [4.78, 5) is -0.191. The predicted octanol–water partition coefficient (Wildman–Crippen LogP) is 4.04. The third kappa shape index (κ3) is 3.56.